The number of nitrogens with one attached hydrogen (secondary N) is 1. The zero-order chi connectivity index (χ0) is 17.9. The Morgan fingerprint density at radius 3 is 2.50 bits per heavy atom. The first-order valence-corrected chi connectivity index (χ1v) is 9.19. The Balaban J connectivity index is 2.07. The summed E-state index contributed by atoms with van der Waals surface area (Å²) in [4.78, 5) is 11.9. The highest BCUT2D eigenvalue weighted by molar-refractivity contribution is 7.90. The van der Waals surface area contributed by atoms with Crippen molar-refractivity contribution in [1.82, 2.24) is 0 Å². The van der Waals surface area contributed by atoms with Gasteiger partial charge in [0.15, 0.2) is 16.4 Å². The average Bonchev–Trinajstić information content (AvgIpc) is 2.47. The second-order valence-corrected chi connectivity index (χ2v) is 7.66. The summed E-state index contributed by atoms with van der Waals surface area (Å²) in [6.07, 6.45) is 1.04. The van der Waals surface area contributed by atoms with Crippen LogP contribution in [-0.2, 0) is 14.6 Å². The Bertz CT molecular complexity index is 887. The van der Waals surface area contributed by atoms with Crippen molar-refractivity contribution in [2.24, 2.45) is 0 Å². The molecule has 0 aliphatic carbocycles. The zero-order valence-corrected chi connectivity index (χ0v) is 14.7. The summed E-state index contributed by atoms with van der Waals surface area (Å²) >= 11 is 11.7. The smallest absolute Gasteiger partial charge is 0.262 e. The number of anilines is 1. The molecule has 0 aliphatic rings. The summed E-state index contributed by atoms with van der Waals surface area (Å²) in [7, 11) is -3.44. The van der Waals surface area contributed by atoms with Gasteiger partial charge in [-0.2, -0.15) is 0 Å². The van der Waals surface area contributed by atoms with Gasteiger partial charge in [-0.25, -0.2) is 12.8 Å². The van der Waals surface area contributed by atoms with Gasteiger partial charge >= 0.3 is 0 Å². The van der Waals surface area contributed by atoms with Crippen LogP contribution in [0, 0.1) is 5.82 Å². The van der Waals surface area contributed by atoms with E-state index in [0.29, 0.717) is 0 Å². The van der Waals surface area contributed by atoms with Gasteiger partial charge in [0, 0.05) is 6.26 Å². The van der Waals surface area contributed by atoms with E-state index in [1.54, 1.807) is 0 Å². The van der Waals surface area contributed by atoms with Crippen molar-refractivity contribution in [1.29, 1.82) is 0 Å². The Labute approximate surface area is 148 Å². The molecule has 0 aliphatic heterocycles. The van der Waals surface area contributed by atoms with E-state index in [4.69, 9.17) is 27.9 Å². The number of hydrogen-bond donors (Lipinski definition) is 1. The third-order valence-electron chi connectivity index (χ3n) is 2.89. The monoisotopic (exact) mass is 391 g/mol. The van der Waals surface area contributed by atoms with Crippen molar-refractivity contribution < 1.29 is 22.3 Å². The molecule has 2 aromatic rings. The lowest BCUT2D eigenvalue weighted by Gasteiger charge is -2.11. The van der Waals surface area contributed by atoms with Gasteiger partial charge < -0.3 is 10.1 Å². The molecule has 0 spiro atoms. The van der Waals surface area contributed by atoms with Gasteiger partial charge in [-0.3, -0.25) is 4.79 Å². The van der Waals surface area contributed by atoms with Crippen LogP contribution in [0.2, 0.25) is 10.0 Å². The molecule has 9 heteroatoms. The molecule has 0 atom stereocenters. The minimum Gasteiger partial charge on any atom is -0.482 e. The first-order valence-electron chi connectivity index (χ1n) is 6.54. The fourth-order valence-electron chi connectivity index (χ4n) is 1.75. The lowest BCUT2D eigenvalue weighted by atomic mass is 10.3. The van der Waals surface area contributed by atoms with Crippen LogP contribution in [0.25, 0.3) is 0 Å². The topological polar surface area (TPSA) is 72.5 Å². The van der Waals surface area contributed by atoms with Crippen LogP contribution in [0.1, 0.15) is 0 Å². The Hall–Kier alpha value is -1.83. The van der Waals surface area contributed by atoms with Gasteiger partial charge in [0.25, 0.3) is 5.91 Å². The number of benzene rings is 2. The SMILES string of the molecule is CS(=O)(=O)c1ccc(Cl)c(NC(=O)COc2ccc(F)cc2Cl)c1. The molecule has 5 nitrogen and oxygen atoms in total. The van der Waals surface area contributed by atoms with Crippen LogP contribution in [0.3, 0.4) is 0 Å². The molecule has 1 N–H and O–H groups in total. The van der Waals surface area contributed by atoms with E-state index >= 15 is 0 Å². The number of carbonyl (C=O) groups is 1. The molecule has 0 saturated heterocycles. The third kappa shape index (κ3) is 4.83. The molecule has 1 amide bonds. The summed E-state index contributed by atoms with van der Waals surface area (Å²) < 4.78 is 41.2. The summed E-state index contributed by atoms with van der Waals surface area (Å²) in [5, 5.41) is 2.65. The van der Waals surface area contributed by atoms with E-state index in [9.17, 15) is 17.6 Å². The van der Waals surface area contributed by atoms with Gasteiger partial charge in [-0.05, 0) is 36.4 Å². The minimum atomic E-state index is -3.44. The number of hydrogen-bond acceptors (Lipinski definition) is 4. The Morgan fingerprint density at radius 1 is 1.17 bits per heavy atom. The molecule has 24 heavy (non-hydrogen) atoms. The molecule has 0 unspecified atom stereocenters. The van der Waals surface area contributed by atoms with Gasteiger partial charge in [-0.1, -0.05) is 23.2 Å². The normalized spacial score (nSPS) is 11.2. The summed E-state index contributed by atoms with van der Waals surface area (Å²) in [5.74, 6) is -0.965. The van der Waals surface area contributed by atoms with Crippen LogP contribution in [0.15, 0.2) is 41.3 Å². The minimum absolute atomic E-state index is 0.0182. The predicted octanol–water partition coefficient (Wildman–Crippen LogP) is 3.55. The van der Waals surface area contributed by atoms with Gasteiger partial charge in [0.2, 0.25) is 0 Å². The molecule has 0 bridgehead atoms. The molecule has 2 rings (SSSR count). The van der Waals surface area contributed by atoms with E-state index in [-0.39, 0.29) is 26.4 Å². The predicted molar refractivity (Wildman–Crippen MR) is 90.1 cm³/mol. The summed E-state index contributed by atoms with van der Waals surface area (Å²) in [5.41, 5.74) is 0.137. The van der Waals surface area contributed by atoms with Crippen molar-refractivity contribution in [3.05, 3.63) is 52.3 Å². The van der Waals surface area contributed by atoms with E-state index in [2.05, 4.69) is 5.32 Å². The van der Waals surface area contributed by atoms with Crippen molar-refractivity contribution in [3.63, 3.8) is 0 Å². The molecule has 2 aromatic carbocycles. The maximum atomic E-state index is 12.9. The maximum absolute atomic E-state index is 12.9. The highest BCUT2D eigenvalue weighted by atomic mass is 35.5. The number of amides is 1. The van der Waals surface area contributed by atoms with Crippen molar-refractivity contribution >= 4 is 44.6 Å². The van der Waals surface area contributed by atoms with E-state index in [0.717, 1.165) is 18.4 Å². The molecule has 0 aromatic heterocycles. The molecular formula is C15H12Cl2FNO4S. The molecule has 0 saturated carbocycles. The lowest BCUT2D eigenvalue weighted by Crippen LogP contribution is -2.20. The quantitative estimate of drug-likeness (QED) is 0.845. The molecule has 128 valence electrons. The lowest BCUT2D eigenvalue weighted by molar-refractivity contribution is -0.118. The third-order valence-corrected chi connectivity index (χ3v) is 4.63. The largest absolute Gasteiger partial charge is 0.482 e. The van der Waals surface area contributed by atoms with Crippen LogP contribution in [0.5, 0.6) is 5.75 Å². The molecule has 0 heterocycles. The van der Waals surface area contributed by atoms with Gasteiger partial charge in [-0.15, -0.1) is 0 Å². The van der Waals surface area contributed by atoms with E-state index in [1.807, 2.05) is 0 Å². The van der Waals surface area contributed by atoms with Crippen LogP contribution < -0.4 is 10.1 Å². The number of ether oxygens (including phenoxy) is 1. The standard InChI is InChI=1S/C15H12Cl2FNO4S/c1-24(21,22)10-3-4-11(16)13(7-10)19-15(20)8-23-14-5-2-9(18)6-12(14)17/h2-7H,8H2,1H3,(H,19,20). The fraction of sp³-hybridized carbons (Fsp3) is 0.133. The molecule has 0 radical (unpaired) electrons. The van der Waals surface area contributed by atoms with Crippen LogP contribution >= 0.6 is 23.2 Å². The average molecular weight is 392 g/mol. The second-order valence-electron chi connectivity index (χ2n) is 4.83. The number of halogens is 3. The second kappa shape index (κ2) is 7.38. The number of sulfone groups is 1. The van der Waals surface area contributed by atoms with Crippen molar-refractivity contribution in [2.75, 3.05) is 18.2 Å². The Kier molecular flexibility index (Phi) is 5.69. The van der Waals surface area contributed by atoms with Crippen LogP contribution in [-0.4, -0.2) is 27.2 Å². The molecular weight excluding hydrogens is 380 g/mol. The zero-order valence-electron chi connectivity index (χ0n) is 12.3. The molecule has 0 fully saturated rings. The van der Waals surface area contributed by atoms with Crippen molar-refractivity contribution in [3.8, 4) is 5.75 Å². The van der Waals surface area contributed by atoms with Gasteiger partial charge in [0.1, 0.15) is 11.6 Å². The van der Waals surface area contributed by atoms with Crippen molar-refractivity contribution in [2.45, 2.75) is 4.90 Å². The highest BCUT2D eigenvalue weighted by Gasteiger charge is 2.13. The highest BCUT2D eigenvalue weighted by Crippen LogP contribution is 2.26. The summed E-state index contributed by atoms with van der Waals surface area (Å²) in [6, 6.07) is 7.45. The summed E-state index contributed by atoms with van der Waals surface area (Å²) in [6.45, 7) is -0.412. The number of rotatable bonds is 5. The first-order chi connectivity index (χ1) is 11.2. The first kappa shape index (κ1) is 18.5. The maximum Gasteiger partial charge on any atom is 0.262 e. The number of carbonyl (C=O) groups excluding carboxylic acids is 1. The van der Waals surface area contributed by atoms with Crippen LogP contribution in [0.4, 0.5) is 10.1 Å². The Morgan fingerprint density at radius 2 is 1.88 bits per heavy atom. The fourth-order valence-corrected chi connectivity index (χ4v) is 2.79. The van der Waals surface area contributed by atoms with E-state index in [1.165, 1.54) is 24.3 Å². The van der Waals surface area contributed by atoms with Gasteiger partial charge in [0.05, 0.1) is 20.6 Å². The van der Waals surface area contributed by atoms with E-state index < -0.39 is 28.2 Å².